The molecule has 12 heteroatoms. The molecule has 12 nitrogen and oxygen atoms in total. The van der Waals surface area contributed by atoms with Crippen molar-refractivity contribution in [3.8, 4) is 11.1 Å². The predicted octanol–water partition coefficient (Wildman–Crippen LogP) is 1.86. The van der Waals surface area contributed by atoms with Crippen molar-refractivity contribution < 1.29 is 49.4 Å². The molecular weight excluding hydrogens is 524 g/mol. The van der Waals surface area contributed by atoms with E-state index in [0.29, 0.717) is 13.2 Å². The maximum atomic E-state index is 10.4. The van der Waals surface area contributed by atoms with Crippen LogP contribution in [0.4, 0.5) is 0 Å². The quantitative estimate of drug-likeness (QED) is 0.296. The molecule has 0 spiro atoms. The van der Waals surface area contributed by atoms with Crippen LogP contribution in [-0.2, 0) is 23.9 Å². The summed E-state index contributed by atoms with van der Waals surface area (Å²) in [5, 5.41) is 40.0. The lowest BCUT2D eigenvalue weighted by Gasteiger charge is -2.30. The highest BCUT2D eigenvalue weighted by Gasteiger charge is 2.28. The van der Waals surface area contributed by atoms with Crippen molar-refractivity contribution in [3.63, 3.8) is 0 Å². The number of carboxylic acid groups (broad SMARTS) is 4. The first-order chi connectivity index (χ1) is 19.0. The summed E-state index contributed by atoms with van der Waals surface area (Å²) in [5.41, 5.74) is 5.09. The third-order valence-corrected chi connectivity index (χ3v) is 6.34. The number of aliphatic hydroxyl groups is 1. The third kappa shape index (κ3) is 10.4. The van der Waals surface area contributed by atoms with Crippen LogP contribution in [0.2, 0.25) is 0 Å². The lowest BCUT2D eigenvalue weighted by Crippen LogP contribution is -2.41. The topological polar surface area (TPSA) is 185 Å². The summed E-state index contributed by atoms with van der Waals surface area (Å²) in [6.45, 7) is 5.21. The van der Waals surface area contributed by atoms with Gasteiger partial charge < -0.3 is 40.1 Å². The van der Waals surface area contributed by atoms with Gasteiger partial charge in [0.2, 0.25) is 0 Å². The van der Waals surface area contributed by atoms with Crippen LogP contribution in [0.1, 0.15) is 36.5 Å². The van der Waals surface area contributed by atoms with Gasteiger partial charge in [-0.05, 0) is 55.2 Å². The van der Waals surface area contributed by atoms with Crippen LogP contribution in [0.25, 0.3) is 11.1 Å². The summed E-state index contributed by atoms with van der Waals surface area (Å²) in [6, 6.07) is 17.1. The summed E-state index contributed by atoms with van der Waals surface area (Å²) >= 11 is 0. The number of hydrogen-bond donors (Lipinski definition) is 5. The van der Waals surface area contributed by atoms with Gasteiger partial charge in [0.25, 0.3) is 0 Å². The molecule has 40 heavy (non-hydrogen) atoms. The summed E-state index contributed by atoms with van der Waals surface area (Å²) in [7, 11) is 2.07. The molecule has 5 N–H and O–H groups in total. The lowest BCUT2D eigenvalue weighted by molar-refractivity contribution is -0.159. The van der Waals surface area contributed by atoms with Crippen molar-refractivity contribution in [2.75, 3.05) is 46.4 Å². The molecule has 1 saturated heterocycles. The van der Waals surface area contributed by atoms with Gasteiger partial charge in [0, 0.05) is 19.6 Å². The van der Waals surface area contributed by atoms with Crippen LogP contribution in [0.5, 0.6) is 0 Å². The fourth-order valence-electron chi connectivity index (χ4n) is 4.56. The van der Waals surface area contributed by atoms with Crippen molar-refractivity contribution in [1.29, 1.82) is 0 Å². The van der Waals surface area contributed by atoms with Crippen LogP contribution in [0.15, 0.2) is 48.5 Å². The predicted molar refractivity (Wildman–Crippen MR) is 144 cm³/mol. The number of rotatable bonds is 8. The number of benzene rings is 2. The minimum atomic E-state index is -1.82. The molecule has 2 aromatic carbocycles. The number of likely N-dealkylation sites (tertiary alicyclic amines) is 1. The summed E-state index contributed by atoms with van der Waals surface area (Å²) in [6.07, 6.45) is 3.58. The summed E-state index contributed by atoms with van der Waals surface area (Å²) < 4.78 is 6.32. The van der Waals surface area contributed by atoms with Crippen LogP contribution in [0.3, 0.4) is 0 Å². The molecule has 0 saturated carbocycles. The largest absolute Gasteiger partial charge is 0.473 e. The standard InChI is InChI=1S/C24H32N2O2.2C2H2O4/c1-25(17-19(27)18-26-13-7-2-8-14-26)15-16-28-24-22-11-5-3-9-20(22)21-10-4-6-12-23(21)24;2*3-1(4)2(5)6/h3-6,9-12,19,24,27H,2,7-8,13-18H2,1H3;2*(H,3,4)(H,5,6). The molecule has 0 aromatic heterocycles. The molecule has 2 aromatic rings. The molecule has 1 heterocycles. The molecule has 0 amide bonds. The number of nitrogens with zero attached hydrogens (tertiary/aromatic N) is 2. The van der Waals surface area contributed by atoms with Crippen molar-refractivity contribution in [2.24, 2.45) is 0 Å². The van der Waals surface area contributed by atoms with Gasteiger partial charge in [-0.2, -0.15) is 0 Å². The Balaban J connectivity index is 0.000000393. The van der Waals surface area contributed by atoms with E-state index in [9.17, 15) is 5.11 Å². The Labute approximate surface area is 232 Å². The number of aliphatic hydroxyl groups excluding tert-OH is 1. The Hall–Kier alpha value is -3.84. The number of ether oxygens (including phenoxy) is 1. The normalized spacial score (nSPS) is 15.0. The number of carbonyl (C=O) groups is 4. The molecule has 1 atom stereocenters. The molecule has 218 valence electrons. The van der Waals surface area contributed by atoms with Crippen molar-refractivity contribution in [1.82, 2.24) is 9.80 Å². The summed E-state index contributed by atoms with van der Waals surface area (Å²) in [4.78, 5) is 41.0. The van der Waals surface area contributed by atoms with Crippen molar-refractivity contribution in [3.05, 3.63) is 59.7 Å². The molecule has 1 unspecified atom stereocenters. The highest BCUT2D eigenvalue weighted by molar-refractivity contribution is 6.27. The van der Waals surface area contributed by atoms with E-state index in [1.165, 1.54) is 41.5 Å². The average Bonchev–Trinajstić information content (AvgIpc) is 3.23. The first-order valence-electron chi connectivity index (χ1n) is 12.8. The van der Waals surface area contributed by atoms with Crippen molar-refractivity contribution in [2.45, 2.75) is 31.5 Å². The van der Waals surface area contributed by atoms with E-state index in [4.69, 9.17) is 44.3 Å². The van der Waals surface area contributed by atoms with Crippen LogP contribution in [-0.4, -0.2) is 112 Å². The number of carboxylic acids is 4. The van der Waals surface area contributed by atoms with Crippen LogP contribution >= 0.6 is 0 Å². The molecule has 1 fully saturated rings. The average molecular weight is 561 g/mol. The second-order valence-corrected chi connectivity index (χ2v) is 9.42. The number of piperidine rings is 1. The number of hydrogen-bond acceptors (Lipinski definition) is 8. The zero-order valence-corrected chi connectivity index (χ0v) is 22.3. The Morgan fingerprint density at radius 3 is 1.73 bits per heavy atom. The molecular formula is C28H36N2O10. The number of β-amino-alcohol motifs (C(OH)–C–C–N with tert-alkyl or cyclic N) is 1. The minimum absolute atomic E-state index is 0.0130. The van der Waals surface area contributed by atoms with Crippen LogP contribution < -0.4 is 0 Å². The van der Waals surface area contributed by atoms with Gasteiger partial charge >= 0.3 is 23.9 Å². The maximum Gasteiger partial charge on any atom is 0.414 e. The van der Waals surface area contributed by atoms with E-state index in [2.05, 4.69) is 65.4 Å². The molecule has 1 aliphatic carbocycles. The zero-order valence-electron chi connectivity index (χ0n) is 22.3. The van der Waals surface area contributed by atoms with Gasteiger partial charge in [0.05, 0.1) is 12.7 Å². The highest BCUT2D eigenvalue weighted by Crippen LogP contribution is 2.44. The number of aliphatic carboxylic acids is 4. The molecule has 0 radical (unpaired) electrons. The van der Waals surface area contributed by atoms with Gasteiger partial charge in [0.1, 0.15) is 6.10 Å². The van der Waals surface area contributed by atoms with Crippen LogP contribution in [0, 0.1) is 0 Å². The number of fused-ring (bicyclic) bond motifs is 3. The molecule has 0 bridgehead atoms. The van der Waals surface area contributed by atoms with E-state index >= 15 is 0 Å². The first kappa shape index (κ1) is 32.4. The fourth-order valence-corrected chi connectivity index (χ4v) is 4.56. The second kappa shape index (κ2) is 16.3. The van der Waals surface area contributed by atoms with Gasteiger partial charge in [-0.25, -0.2) is 19.2 Å². The van der Waals surface area contributed by atoms with E-state index < -0.39 is 23.9 Å². The van der Waals surface area contributed by atoms with E-state index in [1.54, 1.807) is 0 Å². The number of likely N-dealkylation sites (N-methyl/N-ethyl adjacent to an activating group) is 1. The smallest absolute Gasteiger partial charge is 0.414 e. The highest BCUT2D eigenvalue weighted by atomic mass is 16.5. The SMILES string of the molecule is CN(CCOC1c2ccccc2-c2ccccc21)CC(O)CN1CCCCC1.O=C(O)C(=O)O.O=C(O)C(=O)O. The molecule has 2 aliphatic rings. The Morgan fingerprint density at radius 2 is 1.27 bits per heavy atom. The summed E-state index contributed by atoms with van der Waals surface area (Å²) in [5.74, 6) is -7.30. The Bertz CT molecular complexity index is 1060. The second-order valence-electron chi connectivity index (χ2n) is 9.42. The third-order valence-electron chi connectivity index (χ3n) is 6.34. The maximum absolute atomic E-state index is 10.4. The zero-order chi connectivity index (χ0) is 29.7. The monoisotopic (exact) mass is 560 g/mol. The van der Waals surface area contributed by atoms with E-state index in [-0.39, 0.29) is 12.2 Å². The van der Waals surface area contributed by atoms with Gasteiger partial charge in [-0.1, -0.05) is 55.0 Å². The van der Waals surface area contributed by atoms with E-state index in [0.717, 1.165) is 26.2 Å². The van der Waals surface area contributed by atoms with Gasteiger partial charge in [0.15, 0.2) is 0 Å². The first-order valence-corrected chi connectivity index (χ1v) is 12.8. The fraction of sp³-hybridized carbons (Fsp3) is 0.429. The van der Waals surface area contributed by atoms with E-state index in [1.807, 2.05) is 0 Å². The van der Waals surface area contributed by atoms with Crippen molar-refractivity contribution >= 4 is 23.9 Å². The van der Waals surface area contributed by atoms with Gasteiger partial charge in [-0.3, -0.25) is 0 Å². The molecule has 1 aliphatic heterocycles. The van der Waals surface area contributed by atoms with Gasteiger partial charge in [-0.15, -0.1) is 0 Å². The molecule has 4 rings (SSSR count). The Morgan fingerprint density at radius 1 is 0.825 bits per heavy atom. The minimum Gasteiger partial charge on any atom is -0.473 e. The lowest BCUT2D eigenvalue weighted by atomic mass is 10.1. The Kier molecular flexibility index (Phi) is 13.2.